The molecule has 1 N–H and O–H groups in total. The van der Waals surface area contributed by atoms with Crippen LogP contribution in [0, 0.1) is 0 Å². The van der Waals surface area contributed by atoms with Crippen LogP contribution in [0.1, 0.15) is 5.56 Å². The highest BCUT2D eigenvalue weighted by molar-refractivity contribution is 6.23. The van der Waals surface area contributed by atoms with E-state index < -0.39 is 24.1 Å². The summed E-state index contributed by atoms with van der Waals surface area (Å²) in [6, 6.07) is 8.21. The maximum atomic E-state index is 12.9. The van der Waals surface area contributed by atoms with Crippen molar-refractivity contribution < 1.29 is 14.7 Å². The predicted molar refractivity (Wildman–Crippen MR) is 77.9 cm³/mol. The highest BCUT2D eigenvalue weighted by Crippen LogP contribution is 2.37. The number of benzene rings is 1. The first-order chi connectivity index (χ1) is 10.6. The molecule has 2 aromatic rings. The fourth-order valence-corrected chi connectivity index (χ4v) is 2.66. The Labute approximate surface area is 126 Å². The number of imide groups is 1. The second-order valence-electron chi connectivity index (χ2n) is 4.96. The molecular formula is C15H14N4O3. The number of carbonyl (C=O) groups is 2. The van der Waals surface area contributed by atoms with Gasteiger partial charge in [0.2, 0.25) is 0 Å². The SMILES string of the molecule is CN1C(=O)N(c2cncnc2)C(=O)C1(CO)c1ccccc1. The van der Waals surface area contributed by atoms with Crippen molar-refractivity contribution in [2.75, 3.05) is 18.6 Å². The van der Waals surface area contributed by atoms with Crippen LogP contribution in [0.3, 0.4) is 0 Å². The monoisotopic (exact) mass is 298 g/mol. The van der Waals surface area contributed by atoms with E-state index in [0.717, 1.165) is 4.90 Å². The van der Waals surface area contributed by atoms with Gasteiger partial charge in [0.05, 0.1) is 24.7 Å². The summed E-state index contributed by atoms with van der Waals surface area (Å²) in [7, 11) is 1.49. The Morgan fingerprint density at radius 3 is 2.36 bits per heavy atom. The van der Waals surface area contributed by atoms with Gasteiger partial charge >= 0.3 is 6.03 Å². The molecule has 22 heavy (non-hydrogen) atoms. The number of rotatable bonds is 3. The lowest BCUT2D eigenvalue weighted by atomic mass is 9.89. The topological polar surface area (TPSA) is 86.6 Å². The van der Waals surface area contributed by atoms with Crippen LogP contribution in [0.4, 0.5) is 10.5 Å². The van der Waals surface area contributed by atoms with Gasteiger partial charge in [0.15, 0.2) is 5.54 Å². The second-order valence-corrected chi connectivity index (χ2v) is 4.96. The maximum Gasteiger partial charge on any atom is 0.332 e. The molecule has 112 valence electrons. The van der Waals surface area contributed by atoms with E-state index >= 15 is 0 Å². The fourth-order valence-electron chi connectivity index (χ4n) is 2.66. The van der Waals surface area contributed by atoms with E-state index in [9.17, 15) is 14.7 Å². The number of urea groups is 1. The minimum Gasteiger partial charge on any atom is -0.393 e. The summed E-state index contributed by atoms with van der Waals surface area (Å²) in [6.07, 6.45) is 4.08. The molecule has 1 atom stereocenters. The van der Waals surface area contributed by atoms with Gasteiger partial charge in [-0.3, -0.25) is 4.79 Å². The van der Waals surface area contributed by atoms with Crippen molar-refractivity contribution in [1.29, 1.82) is 0 Å². The van der Waals surface area contributed by atoms with Crippen LogP contribution in [0.15, 0.2) is 49.1 Å². The second kappa shape index (κ2) is 5.19. The lowest BCUT2D eigenvalue weighted by Gasteiger charge is -2.31. The highest BCUT2D eigenvalue weighted by atomic mass is 16.3. The van der Waals surface area contributed by atoms with Gasteiger partial charge in [-0.15, -0.1) is 0 Å². The van der Waals surface area contributed by atoms with E-state index in [0.29, 0.717) is 5.56 Å². The first-order valence-corrected chi connectivity index (χ1v) is 6.66. The maximum absolute atomic E-state index is 12.9. The van der Waals surface area contributed by atoms with Crippen LogP contribution < -0.4 is 4.90 Å². The Morgan fingerprint density at radius 2 is 1.77 bits per heavy atom. The number of aliphatic hydroxyl groups excluding tert-OH is 1. The van der Waals surface area contributed by atoms with E-state index in [1.807, 2.05) is 0 Å². The third-order valence-electron chi connectivity index (χ3n) is 3.89. The normalized spacial score (nSPS) is 21.5. The van der Waals surface area contributed by atoms with Crippen molar-refractivity contribution in [3.05, 3.63) is 54.6 Å². The van der Waals surface area contributed by atoms with Crippen LogP contribution in [0.2, 0.25) is 0 Å². The average molecular weight is 298 g/mol. The van der Waals surface area contributed by atoms with Crippen LogP contribution in [0.25, 0.3) is 0 Å². The molecule has 0 aliphatic carbocycles. The fraction of sp³-hybridized carbons (Fsp3) is 0.200. The van der Waals surface area contributed by atoms with E-state index in [4.69, 9.17) is 0 Å². The Hall–Kier alpha value is -2.80. The molecule has 7 heteroatoms. The van der Waals surface area contributed by atoms with Gasteiger partial charge in [0.1, 0.15) is 6.33 Å². The van der Waals surface area contributed by atoms with Gasteiger partial charge in [-0.25, -0.2) is 19.7 Å². The molecule has 1 aromatic carbocycles. The molecule has 3 rings (SSSR count). The van der Waals surface area contributed by atoms with E-state index in [1.54, 1.807) is 30.3 Å². The number of hydrogen-bond acceptors (Lipinski definition) is 5. The minimum atomic E-state index is -1.44. The smallest absolute Gasteiger partial charge is 0.332 e. The molecule has 1 unspecified atom stereocenters. The van der Waals surface area contributed by atoms with E-state index in [2.05, 4.69) is 9.97 Å². The molecule has 2 heterocycles. The van der Waals surface area contributed by atoms with Crippen LogP contribution >= 0.6 is 0 Å². The molecule has 1 aliphatic rings. The largest absolute Gasteiger partial charge is 0.393 e. The number of aliphatic hydroxyl groups is 1. The first-order valence-electron chi connectivity index (χ1n) is 6.66. The predicted octanol–water partition coefficient (Wildman–Crippen LogP) is 0.763. The third kappa shape index (κ3) is 1.79. The zero-order chi connectivity index (χ0) is 15.7. The van der Waals surface area contributed by atoms with Crippen molar-refractivity contribution in [3.8, 4) is 0 Å². The molecule has 1 aliphatic heterocycles. The van der Waals surface area contributed by atoms with Crippen molar-refractivity contribution in [2.24, 2.45) is 0 Å². The molecule has 0 saturated carbocycles. The molecular weight excluding hydrogens is 284 g/mol. The van der Waals surface area contributed by atoms with Crippen molar-refractivity contribution in [1.82, 2.24) is 14.9 Å². The number of carbonyl (C=O) groups excluding carboxylic acids is 2. The highest BCUT2D eigenvalue weighted by Gasteiger charge is 2.57. The molecule has 0 radical (unpaired) electrons. The van der Waals surface area contributed by atoms with Crippen molar-refractivity contribution in [3.63, 3.8) is 0 Å². The Kier molecular flexibility index (Phi) is 3.34. The Balaban J connectivity index is 2.14. The molecule has 0 bridgehead atoms. The van der Waals surface area contributed by atoms with Crippen LogP contribution in [-0.4, -0.2) is 45.6 Å². The van der Waals surface area contributed by atoms with Gasteiger partial charge in [0.25, 0.3) is 5.91 Å². The number of hydrogen-bond donors (Lipinski definition) is 1. The summed E-state index contributed by atoms with van der Waals surface area (Å²) in [5.41, 5.74) is -0.609. The van der Waals surface area contributed by atoms with Gasteiger partial charge < -0.3 is 10.0 Å². The first kappa shape index (κ1) is 14.2. The average Bonchev–Trinajstić information content (AvgIpc) is 2.76. The standard InChI is InChI=1S/C15H14N4O3/c1-18-14(22)19(12-7-16-10-17-8-12)13(21)15(18,9-20)11-5-3-2-4-6-11/h2-8,10,20H,9H2,1H3. The van der Waals surface area contributed by atoms with Crippen LogP contribution in [-0.2, 0) is 10.3 Å². The van der Waals surface area contributed by atoms with Gasteiger partial charge in [0, 0.05) is 7.05 Å². The third-order valence-corrected chi connectivity index (χ3v) is 3.89. The summed E-state index contributed by atoms with van der Waals surface area (Å²) in [5, 5.41) is 9.92. The Morgan fingerprint density at radius 1 is 1.14 bits per heavy atom. The number of anilines is 1. The summed E-state index contributed by atoms with van der Waals surface area (Å²) in [6.45, 7) is -0.512. The summed E-state index contributed by atoms with van der Waals surface area (Å²) in [4.78, 5) is 35.4. The molecule has 3 amide bonds. The van der Waals surface area contributed by atoms with E-state index in [-0.39, 0.29) is 5.69 Å². The molecule has 1 aromatic heterocycles. The quantitative estimate of drug-likeness (QED) is 0.846. The lowest BCUT2D eigenvalue weighted by molar-refractivity contribution is -0.127. The Bertz CT molecular complexity index is 707. The van der Waals surface area contributed by atoms with Gasteiger partial charge in [-0.05, 0) is 5.56 Å². The van der Waals surface area contributed by atoms with Gasteiger partial charge in [-0.2, -0.15) is 0 Å². The summed E-state index contributed by atoms with van der Waals surface area (Å²) in [5.74, 6) is -0.525. The van der Waals surface area contributed by atoms with Crippen molar-refractivity contribution in [2.45, 2.75) is 5.54 Å². The van der Waals surface area contributed by atoms with E-state index in [1.165, 1.54) is 30.7 Å². The molecule has 1 saturated heterocycles. The lowest BCUT2D eigenvalue weighted by Crippen LogP contribution is -2.48. The van der Waals surface area contributed by atoms with Gasteiger partial charge in [-0.1, -0.05) is 30.3 Å². The molecule has 0 spiro atoms. The number of aromatic nitrogens is 2. The molecule has 7 nitrogen and oxygen atoms in total. The number of amides is 3. The molecule has 1 fully saturated rings. The number of likely N-dealkylation sites (N-methyl/N-ethyl adjacent to an activating group) is 1. The number of nitrogens with zero attached hydrogens (tertiary/aromatic N) is 4. The zero-order valence-electron chi connectivity index (χ0n) is 11.9. The summed E-state index contributed by atoms with van der Waals surface area (Å²) >= 11 is 0. The minimum absolute atomic E-state index is 0.274. The summed E-state index contributed by atoms with van der Waals surface area (Å²) < 4.78 is 0. The van der Waals surface area contributed by atoms with Crippen LogP contribution in [0.5, 0.6) is 0 Å². The van der Waals surface area contributed by atoms with Crippen molar-refractivity contribution >= 4 is 17.6 Å². The zero-order valence-corrected chi connectivity index (χ0v) is 11.9.